The summed E-state index contributed by atoms with van der Waals surface area (Å²) in [6, 6.07) is 25.8. The highest BCUT2D eigenvalue weighted by atomic mass is 19.4. The Balaban J connectivity index is 1.73. The Morgan fingerprint density at radius 2 is 1.10 bits per heavy atom. The topological polar surface area (TPSA) is 112 Å². The second-order valence-electron chi connectivity index (χ2n) is 11.2. The van der Waals surface area contributed by atoms with Crippen LogP contribution in [0.15, 0.2) is 121 Å². The van der Waals surface area contributed by atoms with Gasteiger partial charge in [0.1, 0.15) is 24.4 Å². The Kier molecular flexibility index (Phi) is 13.0. The highest BCUT2D eigenvalue weighted by Gasteiger charge is 2.38. The number of hydrogen-bond acceptors (Lipinski definition) is 7. The van der Waals surface area contributed by atoms with Crippen molar-refractivity contribution in [2.75, 3.05) is 13.7 Å². The Hall–Kier alpha value is -5.83. The molecule has 0 fully saturated rings. The SMILES string of the molecule is COC(=O)C(=C[C@](COCc1cc(C(F)(F)F)cc(C(F)(F)F)c1)(NC(=O)OCc1ccccc1)c1ccccc1)NC(=O)OCc1ccccc1. The number of esters is 1. The molecule has 0 aliphatic heterocycles. The lowest BCUT2D eigenvalue weighted by Gasteiger charge is -2.33. The molecule has 4 aromatic carbocycles. The molecule has 2 amide bonds. The first-order valence-corrected chi connectivity index (χ1v) is 15.4. The van der Waals surface area contributed by atoms with Gasteiger partial charge < -0.3 is 24.3 Å². The summed E-state index contributed by atoms with van der Waals surface area (Å²) in [5.74, 6) is -1.11. The lowest BCUT2D eigenvalue weighted by molar-refractivity contribution is -0.143. The molecule has 0 spiro atoms. The first-order valence-electron chi connectivity index (χ1n) is 15.4. The van der Waals surface area contributed by atoms with Crippen LogP contribution in [0.3, 0.4) is 0 Å². The summed E-state index contributed by atoms with van der Waals surface area (Å²) in [5, 5.41) is 4.87. The predicted molar refractivity (Wildman–Crippen MR) is 174 cm³/mol. The number of alkyl halides is 6. The van der Waals surface area contributed by atoms with Crippen molar-refractivity contribution in [2.24, 2.45) is 0 Å². The van der Waals surface area contributed by atoms with Gasteiger partial charge in [0.15, 0.2) is 0 Å². The van der Waals surface area contributed by atoms with Gasteiger partial charge >= 0.3 is 30.5 Å². The van der Waals surface area contributed by atoms with E-state index in [1.165, 1.54) is 12.1 Å². The van der Waals surface area contributed by atoms with Gasteiger partial charge in [0, 0.05) is 0 Å². The van der Waals surface area contributed by atoms with Gasteiger partial charge in [-0.3, -0.25) is 5.32 Å². The quantitative estimate of drug-likeness (QED) is 0.0620. The molecule has 52 heavy (non-hydrogen) atoms. The van der Waals surface area contributed by atoms with E-state index in [0.717, 1.165) is 13.2 Å². The minimum absolute atomic E-state index is 0.0179. The minimum Gasteiger partial charge on any atom is -0.464 e. The lowest BCUT2D eigenvalue weighted by Crippen LogP contribution is -2.49. The molecule has 0 aliphatic rings. The van der Waals surface area contributed by atoms with Crippen molar-refractivity contribution in [3.05, 3.63) is 154 Å². The van der Waals surface area contributed by atoms with E-state index in [4.69, 9.17) is 18.9 Å². The molecule has 0 radical (unpaired) electrons. The third kappa shape index (κ3) is 11.3. The van der Waals surface area contributed by atoms with Gasteiger partial charge in [-0.25, -0.2) is 14.4 Å². The molecule has 0 heterocycles. The smallest absolute Gasteiger partial charge is 0.416 e. The van der Waals surface area contributed by atoms with Crippen LogP contribution >= 0.6 is 0 Å². The molecule has 0 aliphatic carbocycles. The molecule has 9 nitrogen and oxygen atoms in total. The second-order valence-corrected chi connectivity index (χ2v) is 11.2. The number of alkyl carbamates (subject to hydrolysis) is 2. The van der Waals surface area contributed by atoms with Gasteiger partial charge in [-0.05, 0) is 46.5 Å². The Morgan fingerprint density at radius 3 is 1.58 bits per heavy atom. The van der Waals surface area contributed by atoms with Gasteiger partial charge in [0.25, 0.3) is 0 Å². The highest BCUT2D eigenvalue weighted by Crippen LogP contribution is 2.37. The van der Waals surface area contributed by atoms with Crippen LogP contribution in [0, 0.1) is 0 Å². The maximum absolute atomic E-state index is 13.5. The van der Waals surface area contributed by atoms with E-state index in [1.807, 2.05) is 0 Å². The number of rotatable bonds is 13. The van der Waals surface area contributed by atoms with Crippen LogP contribution in [-0.4, -0.2) is 31.9 Å². The summed E-state index contributed by atoms with van der Waals surface area (Å²) in [4.78, 5) is 39.2. The summed E-state index contributed by atoms with van der Waals surface area (Å²) in [6.07, 6.45) is -11.3. The third-order valence-corrected chi connectivity index (χ3v) is 7.32. The average Bonchev–Trinajstić information content (AvgIpc) is 3.13. The van der Waals surface area contributed by atoms with Crippen molar-refractivity contribution in [3.8, 4) is 0 Å². The zero-order valence-electron chi connectivity index (χ0n) is 27.4. The van der Waals surface area contributed by atoms with E-state index in [1.54, 1.807) is 78.9 Å². The number of amides is 2. The lowest BCUT2D eigenvalue weighted by atomic mass is 9.89. The van der Waals surface area contributed by atoms with Crippen molar-refractivity contribution in [1.82, 2.24) is 10.6 Å². The molecule has 4 rings (SSSR count). The van der Waals surface area contributed by atoms with Crippen molar-refractivity contribution >= 4 is 18.2 Å². The monoisotopic (exact) mass is 730 g/mol. The summed E-state index contributed by atoms with van der Waals surface area (Å²) >= 11 is 0. The van der Waals surface area contributed by atoms with E-state index >= 15 is 0 Å². The summed E-state index contributed by atoms with van der Waals surface area (Å²) in [6.45, 7) is -1.91. The van der Waals surface area contributed by atoms with Crippen LogP contribution in [0.4, 0.5) is 35.9 Å². The summed E-state index contributed by atoms with van der Waals surface area (Å²) < 4.78 is 103. The molecule has 0 aromatic heterocycles. The molecule has 0 saturated heterocycles. The van der Waals surface area contributed by atoms with Crippen LogP contribution in [0.2, 0.25) is 0 Å². The van der Waals surface area contributed by atoms with Crippen LogP contribution in [-0.2, 0) is 61.5 Å². The largest absolute Gasteiger partial charge is 0.464 e. The van der Waals surface area contributed by atoms with Crippen molar-refractivity contribution in [2.45, 2.75) is 37.7 Å². The zero-order valence-corrected chi connectivity index (χ0v) is 27.4. The van der Waals surface area contributed by atoms with Gasteiger partial charge in [-0.15, -0.1) is 0 Å². The number of methoxy groups -OCH3 is 1. The number of ether oxygens (including phenoxy) is 4. The van der Waals surface area contributed by atoms with Crippen molar-refractivity contribution in [3.63, 3.8) is 0 Å². The first-order chi connectivity index (χ1) is 24.7. The van der Waals surface area contributed by atoms with Gasteiger partial charge in [-0.1, -0.05) is 91.0 Å². The number of carbonyl (C=O) groups is 3. The number of benzene rings is 4. The van der Waals surface area contributed by atoms with Gasteiger partial charge in [-0.2, -0.15) is 26.3 Å². The molecular formula is C37H32F6N2O7. The van der Waals surface area contributed by atoms with Gasteiger partial charge in [0.05, 0.1) is 31.5 Å². The Labute approximate surface area is 294 Å². The maximum atomic E-state index is 13.5. The molecule has 15 heteroatoms. The fourth-order valence-corrected chi connectivity index (χ4v) is 4.83. The fourth-order valence-electron chi connectivity index (χ4n) is 4.83. The molecule has 0 bridgehead atoms. The molecule has 1 atom stereocenters. The third-order valence-electron chi connectivity index (χ3n) is 7.32. The second kappa shape index (κ2) is 17.4. The predicted octanol–water partition coefficient (Wildman–Crippen LogP) is 8.05. The Morgan fingerprint density at radius 1 is 0.615 bits per heavy atom. The summed E-state index contributed by atoms with van der Waals surface area (Å²) in [7, 11) is 1.02. The molecular weight excluding hydrogens is 698 g/mol. The molecule has 2 N–H and O–H groups in total. The van der Waals surface area contributed by atoms with Crippen LogP contribution < -0.4 is 10.6 Å². The van der Waals surface area contributed by atoms with Crippen molar-refractivity contribution < 1.29 is 59.7 Å². The summed E-state index contributed by atoms with van der Waals surface area (Å²) in [5.41, 5.74) is -4.69. The van der Waals surface area contributed by atoms with Crippen LogP contribution in [0.1, 0.15) is 33.4 Å². The van der Waals surface area contributed by atoms with E-state index in [0.29, 0.717) is 23.3 Å². The fraction of sp³-hybridized carbons (Fsp3) is 0.216. The van der Waals surface area contributed by atoms with Crippen LogP contribution in [0.25, 0.3) is 0 Å². The normalized spacial score (nSPS) is 13.0. The van der Waals surface area contributed by atoms with Gasteiger partial charge in [0.2, 0.25) is 0 Å². The molecule has 0 saturated carbocycles. The first kappa shape index (κ1) is 39.0. The molecule has 0 unspecified atom stereocenters. The van der Waals surface area contributed by atoms with Crippen LogP contribution in [0.5, 0.6) is 0 Å². The maximum Gasteiger partial charge on any atom is 0.416 e. The molecule has 274 valence electrons. The minimum atomic E-state index is -5.10. The molecule has 4 aromatic rings. The van der Waals surface area contributed by atoms with E-state index in [-0.39, 0.29) is 24.8 Å². The number of carbonyl (C=O) groups excluding carboxylic acids is 3. The number of nitrogens with one attached hydrogen (secondary N) is 2. The Bertz CT molecular complexity index is 1800. The zero-order chi connectivity index (χ0) is 37.8. The standard InChI is InChI=1S/C37H32F6N2O7/c1-49-32(46)31(44-33(47)51-22-25-11-5-2-6-12-25)20-35(28-15-9-4-10-16-28,45-34(48)52-23-26-13-7-3-8-14-26)24-50-21-27-17-29(36(38,39)40)19-30(18-27)37(41,42)43/h2-20H,21-24H2,1H3,(H,44,47)(H,45,48)/t35-/m1/s1. The highest BCUT2D eigenvalue weighted by molar-refractivity contribution is 5.92. The number of halogens is 6. The average molecular weight is 731 g/mol. The van der Waals surface area contributed by atoms with E-state index in [9.17, 15) is 40.7 Å². The van der Waals surface area contributed by atoms with E-state index in [2.05, 4.69) is 10.6 Å². The van der Waals surface area contributed by atoms with Crippen molar-refractivity contribution in [1.29, 1.82) is 0 Å². The van der Waals surface area contributed by atoms with E-state index < -0.39 is 71.6 Å². The number of hydrogen-bond donors (Lipinski definition) is 2.